The summed E-state index contributed by atoms with van der Waals surface area (Å²) in [4.78, 5) is 53.0. The maximum atomic E-state index is 14.1. The highest BCUT2D eigenvalue weighted by molar-refractivity contribution is 6.06. The van der Waals surface area contributed by atoms with E-state index in [2.05, 4.69) is 45.5 Å². The predicted octanol–water partition coefficient (Wildman–Crippen LogP) is 5.88. The Balaban J connectivity index is 1.16. The van der Waals surface area contributed by atoms with Crippen molar-refractivity contribution in [1.82, 2.24) is 19.1 Å². The highest BCUT2D eigenvalue weighted by Gasteiger charge is 2.38. The van der Waals surface area contributed by atoms with E-state index in [9.17, 15) is 14.4 Å². The standard InChI is InChI=1S/C40H49N7O5/c1-25-17-27(11-16-51-6)10-13-45(25)30-7-8-36(42-22-30)43-33-18-29(23-44(5)38(33)49)31-9-12-41-37(32(31)24-52-26(2)48)47-15-14-46-34(39(47)50)19-28-20-40(3,4)21-35(28)46/h7-9,12,18-19,22-23,25,27H,10-11,13-17,20-21,24H2,1-6H3,(H,42,43)/t25-,27?/m0/s1. The Kier molecular flexibility index (Phi) is 9.69. The lowest BCUT2D eigenvalue weighted by atomic mass is 9.89. The van der Waals surface area contributed by atoms with Gasteiger partial charge < -0.3 is 28.8 Å². The van der Waals surface area contributed by atoms with Crippen molar-refractivity contribution in [1.29, 1.82) is 0 Å². The van der Waals surface area contributed by atoms with Gasteiger partial charge in [0.25, 0.3) is 11.5 Å². The molecular formula is C40H49N7O5. The van der Waals surface area contributed by atoms with E-state index >= 15 is 0 Å². The SMILES string of the molecule is COCCC1CCN(c2ccc(Nc3cc(-c4ccnc(N5CCn6c(cc7c6CC(C)(C)C7)C5=O)c4COC(C)=O)cn(C)c3=O)nc2)[C@@H](C)C1. The van der Waals surface area contributed by atoms with Crippen molar-refractivity contribution < 1.29 is 19.1 Å². The first-order chi connectivity index (χ1) is 24.9. The van der Waals surface area contributed by atoms with E-state index in [4.69, 9.17) is 9.47 Å². The Morgan fingerprint density at radius 2 is 1.90 bits per heavy atom. The van der Waals surface area contributed by atoms with Gasteiger partial charge in [0.1, 0.15) is 29.6 Å². The van der Waals surface area contributed by atoms with Crippen LogP contribution in [0.2, 0.25) is 0 Å². The number of pyridine rings is 3. The molecule has 2 atom stereocenters. The first-order valence-electron chi connectivity index (χ1n) is 18.3. The summed E-state index contributed by atoms with van der Waals surface area (Å²) in [5.74, 6) is 1.08. The Bertz CT molecular complexity index is 2050. The molecule has 0 aromatic carbocycles. The van der Waals surface area contributed by atoms with Crippen molar-refractivity contribution >= 4 is 34.9 Å². The fourth-order valence-corrected chi connectivity index (χ4v) is 8.33. The van der Waals surface area contributed by atoms with E-state index in [1.165, 1.54) is 22.7 Å². The number of nitrogens with zero attached hydrogens (tertiary/aromatic N) is 6. The molecule has 1 N–H and O–H groups in total. The maximum absolute atomic E-state index is 14.1. The van der Waals surface area contributed by atoms with Crippen LogP contribution >= 0.6 is 0 Å². The van der Waals surface area contributed by atoms with Crippen LogP contribution in [0, 0.1) is 11.3 Å². The molecular weight excluding hydrogens is 658 g/mol. The van der Waals surface area contributed by atoms with Crippen LogP contribution < -0.4 is 20.7 Å². The van der Waals surface area contributed by atoms with Crippen LogP contribution in [-0.4, -0.2) is 63.8 Å². The quantitative estimate of drug-likeness (QED) is 0.202. The Labute approximate surface area is 304 Å². The van der Waals surface area contributed by atoms with E-state index in [0.29, 0.717) is 64.8 Å². The molecule has 0 bridgehead atoms. The lowest BCUT2D eigenvalue weighted by Gasteiger charge is -2.39. The number of hydrogen-bond acceptors (Lipinski definition) is 9. The van der Waals surface area contributed by atoms with Gasteiger partial charge in [0.05, 0.1) is 11.9 Å². The molecule has 1 amide bonds. The van der Waals surface area contributed by atoms with Crippen molar-refractivity contribution in [3.05, 3.63) is 81.8 Å². The molecule has 1 unspecified atom stereocenters. The molecule has 2 aliphatic heterocycles. The lowest BCUT2D eigenvalue weighted by Crippen LogP contribution is -2.41. The smallest absolute Gasteiger partial charge is 0.302 e. The first-order valence-corrected chi connectivity index (χ1v) is 18.3. The van der Waals surface area contributed by atoms with Gasteiger partial charge in [-0.05, 0) is 91.8 Å². The average Bonchev–Trinajstić information content (AvgIpc) is 3.61. The molecule has 1 fully saturated rings. The predicted molar refractivity (Wildman–Crippen MR) is 201 cm³/mol. The van der Waals surface area contributed by atoms with Crippen LogP contribution in [0.5, 0.6) is 0 Å². The van der Waals surface area contributed by atoms with Gasteiger partial charge in [-0.3, -0.25) is 19.3 Å². The van der Waals surface area contributed by atoms with Crippen LogP contribution in [-0.2, 0) is 47.3 Å². The monoisotopic (exact) mass is 707 g/mol. The van der Waals surface area contributed by atoms with Gasteiger partial charge in [0, 0.05) is 82.6 Å². The number of anilines is 4. The van der Waals surface area contributed by atoms with Gasteiger partial charge >= 0.3 is 5.97 Å². The number of hydrogen-bond donors (Lipinski definition) is 1. The van der Waals surface area contributed by atoms with Crippen molar-refractivity contribution in [3.63, 3.8) is 0 Å². The third-order valence-corrected chi connectivity index (χ3v) is 10.9. The zero-order chi connectivity index (χ0) is 36.7. The molecule has 1 saturated heterocycles. The molecule has 4 aromatic heterocycles. The van der Waals surface area contributed by atoms with E-state index < -0.39 is 5.97 Å². The minimum Gasteiger partial charge on any atom is -0.461 e. The Morgan fingerprint density at radius 3 is 2.63 bits per heavy atom. The molecule has 0 radical (unpaired) electrons. The average molecular weight is 708 g/mol. The van der Waals surface area contributed by atoms with Gasteiger partial charge in [-0.1, -0.05) is 13.8 Å². The molecule has 0 spiro atoms. The summed E-state index contributed by atoms with van der Waals surface area (Å²) in [6, 6.07) is 9.97. The topological polar surface area (TPSA) is 124 Å². The molecule has 7 rings (SSSR count). The maximum Gasteiger partial charge on any atom is 0.302 e. The Hall–Kier alpha value is -4.97. The second-order valence-corrected chi connectivity index (χ2v) is 15.4. The van der Waals surface area contributed by atoms with Crippen molar-refractivity contribution in [2.45, 2.75) is 79.0 Å². The minimum absolute atomic E-state index is 0.0833. The summed E-state index contributed by atoms with van der Waals surface area (Å²) in [5.41, 5.74) is 6.49. The number of carbonyl (C=O) groups excluding carboxylic acids is 2. The van der Waals surface area contributed by atoms with Gasteiger partial charge in [0.2, 0.25) is 0 Å². The van der Waals surface area contributed by atoms with Crippen LogP contribution in [0.3, 0.4) is 0 Å². The molecule has 3 aliphatic rings. The minimum atomic E-state index is -0.444. The number of carbonyl (C=O) groups is 2. The van der Waals surface area contributed by atoms with E-state index in [0.717, 1.165) is 50.9 Å². The summed E-state index contributed by atoms with van der Waals surface area (Å²) in [6.07, 6.45) is 10.5. The van der Waals surface area contributed by atoms with E-state index in [1.54, 1.807) is 37.5 Å². The number of ether oxygens (including phenoxy) is 2. The largest absolute Gasteiger partial charge is 0.461 e. The molecule has 4 aromatic rings. The molecule has 6 heterocycles. The molecule has 52 heavy (non-hydrogen) atoms. The zero-order valence-electron chi connectivity index (χ0n) is 31.1. The fourth-order valence-electron chi connectivity index (χ4n) is 8.33. The van der Waals surface area contributed by atoms with Crippen LogP contribution in [0.15, 0.2) is 53.7 Å². The number of fused-ring (bicyclic) bond motifs is 3. The van der Waals surface area contributed by atoms with Crippen molar-refractivity contribution in [2.24, 2.45) is 18.4 Å². The summed E-state index contributed by atoms with van der Waals surface area (Å²) in [7, 11) is 3.45. The van der Waals surface area contributed by atoms with Crippen LogP contribution in [0.1, 0.15) is 74.3 Å². The first kappa shape index (κ1) is 35.4. The summed E-state index contributed by atoms with van der Waals surface area (Å²) in [6.45, 7) is 10.9. The number of amides is 1. The fraction of sp³-hybridized carbons (Fsp3) is 0.475. The molecule has 1 aliphatic carbocycles. The summed E-state index contributed by atoms with van der Waals surface area (Å²) < 4.78 is 14.5. The van der Waals surface area contributed by atoms with Gasteiger partial charge in [-0.15, -0.1) is 0 Å². The highest BCUT2D eigenvalue weighted by atomic mass is 16.5. The number of esters is 1. The third kappa shape index (κ3) is 6.96. The number of nitrogens with one attached hydrogen (secondary N) is 1. The number of aromatic nitrogens is 4. The van der Waals surface area contributed by atoms with Gasteiger partial charge in [-0.2, -0.15) is 0 Å². The second kappa shape index (κ2) is 14.2. The van der Waals surface area contributed by atoms with Crippen LogP contribution in [0.4, 0.5) is 23.0 Å². The lowest BCUT2D eigenvalue weighted by molar-refractivity contribution is -0.142. The molecule has 0 saturated carbocycles. The molecule has 12 nitrogen and oxygen atoms in total. The molecule has 274 valence electrons. The number of rotatable bonds is 10. The normalized spacial score (nSPS) is 19.4. The highest BCUT2D eigenvalue weighted by Crippen LogP contribution is 2.40. The second-order valence-electron chi connectivity index (χ2n) is 15.4. The third-order valence-electron chi connectivity index (χ3n) is 10.9. The number of aryl methyl sites for hydroxylation is 1. The Morgan fingerprint density at radius 1 is 1.08 bits per heavy atom. The molecule has 12 heteroatoms. The van der Waals surface area contributed by atoms with Gasteiger partial charge in [0.15, 0.2) is 0 Å². The van der Waals surface area contributed by atoms with Crippen molar-refractivity contribution in [2.75, 3.05) is 41.9 Å². The van der Waals surface area contributed by atoms with E-state index in [-0.39, 0.29) is 23.5 Å². The van der Waals surface area contributed by atoms with Gasteiger partial charge in [-0.25, -0.2) is 9.97 Å². The van der Waals surface area contributed by atoms with E-state index in [1.807, 2.05) is 30.5 Å². The zero-order valence-corrected chi connectivity index (χ0v) is 31.1. The number of methoxy groups -OCH3 is 1. The van der Waals surface area contributed by atoms with Crippen molar-refractivity contribution in [3.8, 4) is 11.1 Å². The number of piperidine rings is 1. The summed E-state index contributed by atoms with van der Waals surface area (Å²) in [5, 5.41) is 3.24. The summed E-state index contributed by atoms with van der Waals surface area (Å²) >= 11 is 0. The van der Waals surface area contributed by atoms with Crippen LogP contribution in [0.25, 0.3) is 11.1 Å².